The minimum Gasteiger partial charge on any atom is -0.480 e. The smallest absolute Gasteiger partial charge is 0.260 e. The zero-order valence-corrected chi connectivity index (χ0v) is 10.1. The average molecular weight is 243 g/mol. The van der Waals surface area contributed by atoms with Crippen LogP contribution in [0.15, 0.2) is 18.2 Å². The molecule has 0 aliphatic carbocycles. The summed E-state index contributed by atoms with van der Waals surface area (Å²) in [7, 11) is 1.71. The third-order valence-corrected chi connectivity index (χ3v) is 2.54. The Kier molecular flexibility index (Phi) is 4.43. The van der Waals surface area contributed by atoms with E-state index >= 15 is 0 Å². The molecule has 16 heavy (non-hydrogen) atoms. The fourth-order valence-corrected chi connectivity index (χ4v) is 1.33. The summed E-state index contributed by atoms with van der Waals surface area (Å²) in [5.74, 6) is 0.254. The van der Waals surface area contributed by atoms with Crippen LogP contribution in [-0.2, 0) is 4.79 Å². The number of hydrogen-bond acceptors (Lipinski definition) is 3. The fourth-order valence-electron chi connectivity index (χ4n) is 1.10. The number of ether oxygens (including phenoxy) is 1. The molecule has 1 aromatic carbocycles. The maximum atomic E-state index is 11.5. The van der Waals surface area contributed by atoms with E-state index in [9.17, 15) is 4.79 Å². The van der Waals surface area contributed by atoms with Crippen LogP contribution in [0.25, 0.3) is 0 Å². The number of amides is 1. The largest absolute Gasteiger partial charge is 0.480 e. The van der Waals surface area contributed by atoms with E-state index in [1.54, 1.807) is 30.1 Å². The van der Waals surface area contributed by atoms with Gasteiger partial charge in [-0.2, -0.15) is 0 Å². The summed E-state index contributed by atoms with van der Waals surface area (Å²) in [5.41, 5.74) is 6.11. The molecule has 0 unspecified atom stereocenters. The lowest BCUT2D eigenvalue weighted by molar-refractivity contribution is -0.131. The summed E-state index contributed by atoms with van der Waals surface area (Å²) in [6, 6.07) is 5.07. The number of nitrogens with zero attached hydrogens (tertiary/aromatic N) is 1. The molecule has 0 heterocycles. The number of para-hydroxylation sites is 1. The summed E-state index contributed by atoms with van der Waals surface area (Å²) in [6.45, 7) is 2.47. The maximum Gasteiger partial charge on any atom is 0.260 e. The Morgan fingerprint density at radius 2 is 2.25 bits per heavy atom. The summed E-state index contributed by atoms with van der Waals surface area (Å²) >= 11 is 5.90. The van der Waals surface area contributed by atoms with E-state index in [2.05, 4.69) is 0 Å². The van der Waals surface area contributed by atoms with Crippen molar-refractivity contribution in [3.63, 3.8) is 0 Å². The van der Waals surface area contributed by atoms with E-state index < -0.39 is 0 Å². The van der Waals surface area contributed by atoms with Crippen molar-refractivity contribution in [3.8, 4) is 5.75 Å². The van der Waals surface area contributed by atoms with Crippen LogP contribution in [-0.4, -0.2) is 31.0 Å². The first-order chi connectivity index (χ1) is 7.56. The molecule has 0 atom stereocenters. The second-order valence-electron chi connectivity index (χ2n) is 3.35. The Balaban J connectivity index is 2.65. The van der Waals surface area contributed by atoms with Crippen molar-refractivity contribution in [2.45, 2.75) is 6.92 Å². The van der Waals surface area contributed by atoms with Gasteiger partial charge in [0.25, 0.3) is 5.91 Å². The lowest BCUT2D eigenvalue weighted by Gasteiger charge is -2.16. The predicted molar refractivity (Wildman–Crippen MR) is 64.7 cm³/mol. The first kappa shape index (κ1) is 12.6. The number of benzene rings is 1. The normalized spacial score (nSPS) is 9.94. The van der Waals surface area contributed by atoms with Crippen LogP contribution >= 0.6 is 11.6 Å². The molecule has 0 aliphatic rings. The van der Waals surface area contributed by atoms with Crippen molar-refractivity contribution in [1.29, 1.82) is 0 Å². The van der Waals surface area contributed by atoms with Gasteiger partial charge < -0.3 is 15.4 Å². The van der Waals surface area contributed by atoms with E-state index in [0.29, 0.717) is 23.0 Å². The molecule has 5 heteroatoms. The average Bonchev–Trinajstić information content (AvgIpc) is 2.27. The van der Waals surface area contributed by atoms with Gasteiger partial charge in [-0.1, -0.05) is 17.7 Å². The van der Waals surface area contributed by atoms with Gasteiger partial charge in [-0.25, -0.2) is 0 Å². The van der Waals surface area contributed by atoms with Crippen LogP contribution in [0.3, 0.4) is 0 Å². The molecule has 0 saturated heterocycles. The molecule has 0 bridgehead atoms. The highest BCUT2D eigenvalue weighted by Gasteiger charge is 2.10. The molecule has 1 aromatic rings. The van der Waals surface area contributed by atoms with Crippen LogP contribution in [0, 0.1) is 0 Å². The maximum absolute atomic E-state index is 11.5. The van der Waals surface area contributed by atoms with E-state index in [1.165, 1.54) is 0 Å². The molecule has 0 saturated carbocycles. The number of likely N-dealkylation sites (N-methyl/N-ethyl adjacent to an activating group) is 1. The number of nitrogens with two attached hydrogens (primary N) is 1. The first-order valence-corrected chi connectivity index (χ1v) is 5.34. The number of carbonyl (C=O) groups is 1. The van der Waals surface area contributed by atoms with Crippen LogP contribution in [0.2, 0.25) is 5.02 Å². The Morgan fingerprint density at radius 1 is 1.56 bits per heavy atom. The number of hydrogen-bond donors (Lipinski definition) is 1. The third kappa shape index (κ3) is 3.03. The molecule has 88 valence electrons. The Bertz CT molecular complexity index is 362. The summed E-state index contributed by atoms with van der Waals surface area (Å²) in [6.07, 6.45) is 0. The van der Waals surface area contributed by atoms with Gasteiger partial charge >= 0.3 is 0 Å². The van der Waals surface area contributed by atoms with Crippen LogP contribution in [0.4, 0.5) is 5.69 Å². The lowest BCUT2D eigenvalue weighted by atomic mass is 10.3. The Hall–Kier alpha value is -1.42. The van der Waals surface area contributed by atoms with E-state index in [4.69, 9.17) is 22.1 Å². The second kappa shape index (κ2) is 5.61. The molecule has 4 nitrogen and oxygen atoms in total. The van der Waals surface area contributed by atoms with Gasteiger partial charge in [0.1, 0.15) is 0 Å². The van der Waals surface area contributed by atoms with E-state index in [-0.39, 0.29) is 12.5 Å². The minimum atomic E-state index is -0.109. The zero-order chi connectivity index (χ0) is 12.1. The van der Waals surface area contributed by atoms with Gasteiger partial charge in [-0.3, -0.25) is 4.79 Å². The van der Waals surface area contributed by atoms with Crippen molar-refractivity contribution in [2.24, 2.45) is 0 Å². The van der Waals surface area contributed by atoms with Crippen LogP contribution < -0.4 is 10.5 Å². The molecule has 0 spiro atoms. The van der Waals surface area contributed by atoms with Gasteiger partial charge in [-0.05, 0) is 19.1 Å². The minimum absolute atomic E-state index is 0.0573. The molecular formula is C11H15ClN2O2. The van der Waals surface area contributed by atoms with Gasteiger partial charge in [-0.15, -0.1) is 0 Å². The molecule has 1 rings (SSSR count). The van der Waals surface area contributed by atoms with Gasteiger partial charge in [0.15, 0.2) is 12.4 Å². The topological polar surface area (TPSA) is 55.6 Å². The van der Waals surface area contributed by atoms with Crippen molar-refractivity contribution >= 4 is 23.2 Å². The fraction of sp³-hybridized carbons (Fsp3) is 0.364. The molecular weight excluding hydrogens is 228 g/mol. The molecule has 0 radical (unpaired) electrons. The lowest BCUT2D eigenvalue weighted by Crippen LogP contribution is -2.31. The highest BCUT2D eigenvalue weighted by atomic mass is 35.5. The summed E-state index contributed by atoms with van der Waals surface area (Å²) < 4.78 is 5.30. The van der Waals surface area contributed by atoms with Gasteiger partial charge in [0, 0.05) is 13.6 Å². The van der Waals surface area contributed by atoms with E-state index in [0.717, 1.165) is 0 Å². The predicted octanol–water partition coefficient (Wildman–Crippen LogP) is 1.78. The molecule has 0 aromatic heterocycles. The number of carbonyl (C=O) groups excluding carboxylic acids is 1. The van der Waals surface area contributed by atoms with Crippen LogP contribution in [0.1, 0.15) is 6.92 Å². The number of rotatable bonds is 4. The standard InChI is InChI=1S/C11H15ClN2O2/c1-3-14(2)10(15)7-16-11-8(12)5-4-6-9(11)13/h4-6H,3,7,13H2,1-2H3. The Morgan fingerprint density at radius 3 is 2.81 bits per heavy atom. The molecule has 0 fully saturated rings. The van der Waals surface area contributed by atoms with Crippen molar-refractivity contribution < 1.29 is 9.53 Å². The van der Waals surface area contributed by atoms with Gasteiger partial charge in [0.05, 0.1) is 10.7 Å². The molecule has 1 amide bonds. The number of anilines is 1. The van der Waals surface area contributed by atoms with Crippen molar-refractivity contribution in [2.75, 3.05) is 25.9 Å². The molecule has 0 aliphatic heterocycles. The second-order valence-corrected chi connectivity index (χ2v) is 3.76. The summed E-state index contributed by atoms with van der Waals surface area (Å²) in [5, 5.41) is 0.409. The monoisotopic (exact) mass is 242 g/mol. The van der Waals surface area contributed by atoms with Crippen molar-refractivity contribution in [3.05, 3.63) is 23.2 Å². The SMILES string of the molecule is CCN(C)C(=O)COc1c(N)cccc1Cl. The van der Waals surface area contributed by atoms with Crippen molar-refractivity contribution in [1.82, 2.24) is 4.90 Å². The number of halogens is 1. The highest BCUT2D eigenvalue weighted by Crippen LogP contribution is 2.30. The third-order valence-electron chi connectivity index (χ3n) is 2.24. The zero-order valence-electron chi connectivity index (χ0n) is 9.37. The number of nitrogen functional groups attached to an aromatic ring is 1. The van der Waals surface area contributed by atoms with Crippen LogP contribution in [0.5, 0.6) is 5.75 Å². The quantitative estimate of drug-likeness (QED) is 0.819. The van der Waals surface area contributed by atoms with Gasteiger partial charge in [0.2, 0.25) is 0 Å². The summed E-state index contributed by atoms with van der Waals surface area (Å²) in [4.78, 5) is 13.0. The molecule has 2 N–H and O–H groups in total. The first-order valence-electron chi connectivity index (χ1n) is 4.97. The Labute approximate surface area is 99.9 Å². The van der Waals surface area contributed by atoms with E-state index in [1.807, 2.05) is 6.92 Å². The highest BCUT2D eigenvalue weighted by molar-refractivity contribution is 6.32.